The van der Waals surface area contributed by atoms with Gasteiger partial charge in [0.25, 0.3) is 0 Å². The van der Waals surface area contributed by atoms with Crippen molar-refractivity contribution >= 4 is 5.69 Å². The maximum atomic E-state index is 11.1. The highest BCUT2D eigenvalue weighted by atomic mass is 16.5. The van der Waals surface area contributed by atoms with Gasteiger partial charge in [-0.2, -0.15) is 0 Å². The van der Waals surface area contributed by atoms with Crippen molar-refractivity contribution in [2.45, 2.75) is 25.7 Å². The van der Waals surface area contributed by atoms with Crippen LogP contribution in [0.3, 0.4) is 0 Å². The molecule has 21 heavy (non-hydrogen) atoms. The topological polar surface area (TPSA) is 93.9 Å². The largest absolute Gasteiger partial charge is 0.397 e. The van der Waals surface area contributed by atoms with Gasteiger partial charge in [-0.3, -0.25) is 0 Å². The molecular weight excluding hydrogens is 268 g/mol. The lowest BCUT2D eigenvalue weighted by Crippen LogP contribution is -2.17. The second-order valence-corrected chi connectivity index (χ2v) is 5.32. The van der Waals surface area contributed by atoms with Crippen molar-refractivity contribution in [3.63, 3.8) is 0 Å². The van der Waals surface area contributed by atoms with E-state index in [9.17, 15) is 4.79 Å². The summed E-state index contributed by atoms with van der Waals surface area (Å²) >= 11 is 0. The molecule has 6 nitrogen and oxygen atoms in total. The minimum Gasteiger partial charge on any atom is -0.397 e. The molecule has 2 aromatic heterocycles. The summed E-state index contributed by atoms with van der Waals surface area (Å²) in [6.07, 6.45) is 5.04. The van der Waals surface area contributed by atoms with Gasteiger partial charge >= 0.3 is 5.69 Å². The number of aromatic nitrogens is 3. The van der Waals surface area contributed by atoms with Gasteiger partial charge in [0, 0.05) is 37.1 Å². The van der Waals surface area contributed by atoms with Gasteiger partial charge in [0.1, 0.15) is 0 Å². The van der Waals surface area contributed by atoms with E-state index in [1.54, 1.807) is 6.20 Å². The van der Waals surface area contributed by atoms with Gasteiger partial charge in [0.15, 0.2) is 0 Å². The monoisotopic (exact) mass is 286 g/mol. The molecule has 1 aliphatic heterocycles. The van der Waals surface area contributed by atoms with Crippen molar-refractivity contribution in [1.29, 1.82) is 0 Å². The minimum atomic E-state index is -0.364. The Morgan fingerprint density at radius 1 is 1.38 bits per heavy atom. The Bertz CT molecular complexity index is 685. The SMILES string of the molecule is Cc1cc(N)c(C2CCOCC2)nc1-c1cnc(=O)[nH]c1. The number of hydrogen-bond donors (Lipinski definition) is 2. The number of aryl methyl sites for hydroxylation is 1. The van der Waals surface area contributed by atoms with Crippen LogP contribution >= 0.6 is 0 Å². The molecule has 0 unspecified atom stereocenters. The van der Waals surface area contributed by atoms with Crippen LogP contribution in [0.15, 0.2) is 23.3 Å². The van der Waals surface area contributed by atoms with Crippen LogP contribution in [0.2, 0.25) is 0 Å². The number of nitrogens with one attached hydrogen (secondary N) is 1. The normalized spacial score (nSPS) is 16.0. The number of anilines is 1. The molecule has 6 heteroatoms. The zero-order valence-corrected chi connectivity index (χ0v) is 11.9. The van der Waals surface area contributed by atoms with Crippen LogP contribution in [0.1, 0.15) is 30.0 Å². The molecule has 2 aromatic rings. The van der Waals surface area contributed by atoms with Gasteiger partial charge in [-0.05, 0) is 31.4 Å². The maximum Gasteiger partial charge on any atom is 0.344 e. The fourth-order valence-electron chi connectivity index (χ4n) is 2.71. The van der Waals surface area contributed by atoms with Crippen molar-refractivity contribution in [2.24, 2.45) is 0 Å². The first-order valence-corrected chi connectivity index (χ1v) is 7.05. The first-order valence-electron chi connectivity index (χ1n) is 7.05. The van der Waals surface area contributed by atoms with Crippen molar-refractivity contribution in [3.8, 4) is 11.3 Å². The highest BCUT2D eigenvalue weighted by molar-refractivity contribution is 5.65. The average Bonchev–Trinajstić information content (AvgIpc) is 2.49. The van der Waals surface area contributed by atoms with Crippen molar-refractivity contribution in [3.05, 3.63) is 40.2 Å². The Hall–Kier alpha value is -2.21. The summed E-state index contributed by atoms with van der Waals surface area (Å²) in [6, 6.07) is 1.94. The molecule has 1 aliphatic rings. The van der Waals surface area contributed by atoms with Crippen LogP contribution < -0.4 is 11.4 Å². The zero-order chi connectivity index (χ0) is 14.8. The fraction of sp³-hybridized carbons (Fsp3) is 0.400. The lowest BCUT2D eigenvalue weighted by Gasteiger charge is -2.23. The van der Waals surface area contributed by atoms with E-state index >= 15 is 0 Å². The number of aromatic amines is 1. The van der Waals surface area contributed by atoms with Crippen molar-refractivity contribution in [2.75, 3.05) is 18.9 Å². The molecule has 0 radical (unpaired) electrons. The second kappa shape index (κ2) is 5.65. The number of pyridine rings is 1. The summed E-state index contributed by atoms with van der Waals surface area (Å²) in [5.41, 5.74) is 10.0. The van der Waals surface area contributed by atoms with E-state index in [1.165, 1.54) is 6.20 Å². The van der Waals surface area contributed by atoms with Crippen LogP contribution in [0.25, 0.3) is 11.3 Å². The molecule has 1 fully saturated rings. The van der Waals surface area contributed by atoms with Crippen LogP contribution in [-0.4, -0.2) is 28.2 Å². The van der Waals surface area contributed by atoms with E-state index in [0.29, 0.717) is 5.92 Å². The number of H-pyrrole nitrogens is 1. The van der Waals surface area contributed by atoms with Gasteiger partial charge < -0.3 is 15.5 Å². The second-order valence-electron chi connectivity index (χ2n) is 5.32. The lowest BCUT2D eigenvalue weighted by molar-refractivity contribution is 0.0847. The minimum absolute atomic E-state index is 0.328. The van der Waals surface area contributed by atoms with Crippen LogP contribution in [0.4, 0.5) is 5.69 Å². The van der Waals surface area contributed by atoms with Gasteiger partial charge in [-0.1, -0.05) is 0 Å². The molecular formula is C15H18N4O2. The third-order valence-corrected chi connectivity index (χ3v) is 3.83. The van der Waals surface area contributed by atoms with Gasteiger partial charge in [0.05, 0.1) is 17.1 Å². The summed E-state index contributed by atoms with van der Waals surface area (Å²) in [5.74, 6) is 0.328. The third kappa shape index (κ3) is 2.80. The van der Waals surface area contributed by atoms with Crippen molar-refractivity contribution < 1.29 is 4.74 Å². The third-order valence-electron chi connectivity index (χ3n) is 3.83. The highest BCUT2D eigenvalue weighted by Gasteiger charge is 2.21. The maximum absolute atomic E-state index is 11.1. The van der Waals surface area contributed by atoms with E-state index < -0.39 is 0 Å². The summed E-state index contributed by atoms with van der Waals surface area (Å²) < 4.78 is 5.39. The Kier molecular flexibility index (Phi) is 3.70. The van der Waals surface area contributed by atoms with E-state index in [-0.39, 0.29) is 5.69 Å². The van der Waals surface area contributed by atoms with Crippen LogP contribution in [-0.2, 0) is 4.74 Å². The summed E-state index contributed by atoms with van der Waals surface area (Å²) in [4.78, 5) is 22.2. The van der Waals surface area contributed by atoms with Gasteiger partial charge in [-0.15, -0.1) is 0 Å². The van der Waals surface area contributed by atoms with Gasteiger partial charge in [0.2, 0.25) is 0 Å². The number of nitrogens with zero attached hydrogens (tertiary/aromatic N) is 2. The summed E-state index contributed by atoms with van der Waals surface area (Å²) in [5, 5.41) is 0. The summed E-state index contributed by atoms with van der Waals surface area (Å²) in [6.45, 7) is 3.45. The standard InChI is InChI=1S/C15H18N4O2/c1-9-6-12(16)14(10-2-4-21-5-3-10)19-13(9)11-7-17-15(20)18-8-11/h6-8,10H,2-5,16H2,1H3,(H,17,18,20). The predicted octanol–water partition coefficient (Wildman–Crippen LogP) is 1.62. The molecule has 0 aromatic carbocycles. The van der Waals surface area contributed by atoms with E-state index in [4.69, 9.17) is 15.5 Å². The molecule has 0 aliphatic carbocycles. The first-order chi connectivity index (χ1) is 10.1. The molecule has 110 valence electrons. The number of rotatable bonds is 2. The molecule has 3 N–H and O–H groups in total. The number of nitrogen functional groups attached to an aromatic ring is 1. The number of hydrogen-bond acceptors (Lipinski definition) is 5. The molecule has 0 bridgehead atoms. The zero-order valence-electron chi connectivity index (χ0n) is 11.9. The Morgan fingerprint density at radius 3 is 2.81 bits per heavy atom. The fourth-order valence-corrected chi connectivity index (χ4v) is 2.71. The van der Waals surface area contributed by atoms with Crippen LogP contribution in [0.5, 0.6) is 0 Å². The van der Waals surface area contributed by atoms with E-state index in [0.717, 1.165) is 54.3 Å². The summed E-state index contributed by atoms with van der Waals surface area (Å²) in [7, 11) is 0. The van der Waals surface area contributed by atoms with Crippen molar-refractivity contribution in [1.82, 2.24) is 15.0 Å². The molecule has 0 saturated carbocycles. The first kappa shape index (κ1) is 13.8. The van der Waals surface area contributed by atoms with Crippen LogP contribution in [0, 0.1) is 6.92 Å². The van der Waals surface area contributed by atoms with E-state index in [1.807, 2.05) is 13.0 Å². The smallest absolute Gasteiger partial charge is 0.344 e. The Morgan fingerprint density at radius 2 is 2.14 bits per heavy atom. The Balaban J connectivity index is 2.04. The quantitative estimate of drug-likeness (QED) is 0.874. The van der Waals surface area contributed by atoms with Gasteiger partial charge in [-0.25, -0.2) is 14.8 Å². The highest BCUT2D eigenvalue weighted by Crippen LogP contribution is 2.32. The molecule has 3 heterocycles. The molecule has 3 rings (SSSR count). The lowest BCUT2D eigenvalue weighted by atomic mass is 9.93. The number of nitrogens with two attached hydrogens (primary N) is 1. The van der Waals surface area contributed by atoms with E-state index in [2.05, 4.69) is 9.97 Å². The number of ether oxygens (including phenoxy) is 1. The molecule has 1 saturated heterocycles. The predicted molar refractivity (Wildman–Crippen MR) is 80.0 cm³/mol. The average molecular weight is 286 g/mol. The molecule has 0 spiro atoms. The molecule has 0 atom stereocenters. The molecule has 0 amide bonds. The Labute approximate surface area is 122 Å².